The van der Waals surface area contributed by atoms with E-state index in [1.165, 1.54) is 17.8 Å². The molecule has 0 fully saturated rings. The summed E-state index contributed by atoms with van der Waals surface area (Å²) in [5, 5.41) is 1.51. The third-order valence-corrected chi connectivity index (χ3v) is 4.77. The lowest BCUT2D eigenvalue weighted by Crippen LogP contribution is -2.00. The van der Waals surface area contributed by atoms with E-state index < -0.39 is 0 Å². The SMILES string of the molecule is Cc1ccc2c(CSc3ncc(-c4ccccc4)o3)cc(=O)oc2c1. The van der Waals surface area contributed by atoms with Gasteiger partial charge < -0.3 is 8.83 Å². The second-order valence-electron chi connectivity index (χ2n) is 5.74. The Bertz CT molecular complexity index is 1080. The van der Waals surface area contributed by atoms with Crippen molar-refractivity contribution in [3.8, 4) is 11.3 Å². The van der Waals surface area contributed by atoms with Crippen LogP contribution in [-0.4, -0.2) is 4.98 Å². The number of thioether (sulfide) groups is 1. The predicted octanol–water partition coefficient (Wildman–Crippen LogP) is 5.05. The Hall–Kier alpha value is -2.79. The van der Waals surface area contributed by atoms with Crippen LogP contribution in [0.25, 0.3) is 22.3 Å². The van der Waals surface area contributed by atoms with Crippen molar-refractivity contribution in [3.63, 3.8) is 0 Å². The number of benzene rings is 2. The second kappa shape index (κ2) is 6.61. The number of aromatic nitrogens is 1. The highest BCUT2D eigenvalue weighted by atomic mass is 32.2. The van der Waals surface area contributed by atoms with Crippen molar-refractivity contribution in [1.29, 1.82) is 0 Å². The summed E-state index contributed by atoms with van der Waals surface area (Å²) >= 11 is 1.46. The van der Waals surface area contributed by atoms with E-state index in [9.17, 15) is 4.79 Å². The number of aryl methyl sites for hydroxylation is 1. The summed E-state index contributed by atoms with van der Waals surface area (Å²) in [4.78, 5) is 16.1. The van der Waals surface area contributed by atoms with Gasteiger partial charge in [-0.1, -0.05) is 54.2 Å². The molecule has 0 unspecified atom stereocenters. The Morgan fingerprint density at radius 3 is 2.72 bits per heavy atom. The maximum atomic E-state index is 11.8. The van der Waals surface area contributed by atoms with Gasteiger partial charge in [0.15, 0.2) is 5.76 Å². The fourth-order valence-corrected chi connectivity index (χ4v) is 3.45. The smallest absolute Gasteiger partial charge is 0.336 e. The maximum absolute atomic E-state index is 11.8. The lowest BCUT2D eigenvalue weighted by Gasteiger charge is -2.04. The minimum atomic E-state index is -0.342. The van der Waals surface area contributed by atoms with Gasteiger partial charge in [-0.05, 0) is 24.1 Å². The zero-order valence-corrected chi connectivity index (χ0v) is 14.4. The molecule has 0 radical (unpaired) electrons. The van der Waals surface area contributed by atoms with Crippen molar-refractivity contribution in [1.82, 2.24) is 4.98 Å². The molecule has 0 amide bonds. The first kappa shape index (κ1) is 15.7. The molecule has 0 aliphatic heterocycles. The number of hydrogen-bond donors (Lipinski definition) is 0. The summed E-state index contributed by atoms with van der Waals surface area (Å²) in [6, 6.07) is 17.2. The molecular weight excluding hydrogens is 334 g/mol. The number of rotatable bonds is 4. The average molecular weight is 349 g/mol. The molecule has 4 aromatic rings. The second-order valence-corrected chi connectivity index (χ2v) is 6.66. The first-order chi connectivity index (χ1) is 12.2. The summed E-state index contributed by atoms with van der Waals surface area (Å²) in [7, 11) is 0. The Kier molecular flexibility index (Phi) is 4.15. The van der Waals surface area contributed by atoms with Crippen molar-refractivity contribution in [2.24, 2.45) is 0 Å². The van der Waals surface area contributed by atoms with E-state index in [0.29, 0.717) is 16.6 Å². The van der Waals surface area contributed by atoms with E-state index in [1.807, 2.05) is 55.5 Å². The highest BCUT2D eigenvalue weighted by Crippen LogP contribution is 2.29. The number of fused-ring (bicyclic) bond motifs is 1. The molecular formula is C20H15NO3S. The van der Waals surface area contributed by atoms with Gasteiger partial charge in [0.25, 0.3) is 5.22 Å². The molecule has 0 bridgehead atoms. The van der Waals surface area contributed by atoms with Gasteiger partial charge in [0.2, 0.25) is 0 Å². The van der Waals surface area contributed by atoms with Crippen LogP contribution in [0.3, 0.4) is 0 Å². The fraction of sp³-hybridized carbons (Fsp3) is 0.100. The molecule has 0 aliphatic carbocycles. The fourth-order valence-electron chi connectivity index (χ4n) is 2.66. The summed E-state index contributed by atoms with van der Waals surface area (Å²) in [6.45, 7) is 1.97. The molecule has 0 N–H and O–H groups in total. The van der Waals surface area contributed by atoms with Crippen molar-refractivity contribution in [2.45, 2.75) is 17.9 Å². The minimum absolute atomic E-state index is 0.342. The van der Waals surface area contributed by atoms with E-state index >= 15 is 0 Å². The third-order valence-electron chi connectivity index (χ3n) is 3.88. The van der Waals surface area contributed by atoms with Gasteiger partial charge >= 0.3 is 5.63 Å². The highest BCUT2D eigenvalue weighted by Gasteiger charge is 2.10. The van der Waals surface area contributed by atoms with E-state index in [4.69, 9.17) is 8.83 Å². The van der Waals surface area contributed by atoms with Crippen LogP contribution >= 0.6 is 11.8 Å². The van der Waals surface area contributed by atoms with Gasteiger partial charge in [-0.25, -0.2) is 9.78 Å². The molecule has 2 aromatic carbocycles. The number of oxazole rings is 1. The molecule has 5 heteroatoms. The van der Waals surface area contributed by atoms with Crippen LogP contribution in [0, 0.1) is 6.92 Å². The zero-order valence-electron chi connectivity index (χ0n) is 13.6. The van der Waals surface area contributed by atoms with Crippen LogP contribution < -0.4 is 5.63 Å². The highest BCUT2D eigenvalue weighted by molar-refractivity contribution is 7.98. The van der Waals surface area contributed by atoms with Crippen LogP contribution in [0.2, 0.25) is 0 Å². The van der Waals surface area contributed by atoms with E-state index in [2.05, 4.69) is 4.98 Å². The molecule has 0 spiro atoms. The quantitative estimate of drug-likeness (QED) is 0.381. The van der Waals surface area contributed by atoms with E-state index in [-0.39, 0.29) is 5.63 Å². The first-order valence-electron chi connectivity index (χ1n) is 7.86. The topological polar surface area (TPSA) is 56.2 Å². The molecule has 0 saturated carbocycles. The largest absolute Gasteiger partial charge is 0.431 e. The zero-order chi connectivity index (χ0) is 17.2. The summed E-state index contributed by atoms with van der Waals surface area (Å²) < 4.78 is 11.1. The van der Waals surface area contributed by atoms with Gasteiger partial charge in [0, 0.05) is 22.8 Å². The number of nitrogens with zero attached hydrogens (tertiary/aromatic N) is 1. The van der Waals surface area contributed by atoms with Crippen molar-refractivity contribution in [2.75, 3.05) is 0 Å². The van der Waals surface area contributed by atoms with E-state index in [0.717, 1.165) is 27.8 Å². The molecule has 25 heavy (non-hydrogen) atoms. The molecule has 124 valence electrons. The van der Waals surface area contributed by atoms with Crippen LogP contribution in [-0.2, 0) is 5.75 Å². The minimum Gasteiger partial charge on any atom is -0.431 e. The lowest BCUT2D eigenvalue weighted by molar-refractivity contribution is 0.466. The Labute approximate surface area is 148 Å². The van der Waals surface area contributed by atoms with Crippen molar-refractivity contribution < 1.29 is 8.83 Å². The molecule has 4 nitrogen and oxygen atoms in total. The summed E-state index contributed by atoms with van der Waals surface area (Å²) in [5.74, 6) is 1.32. The maximum Gasteiger partial charge on any atom is 0.336 e. The van der Waals surface area contributed by atoms with Crippen LogP contribution in [0.15, 0.2) is 79.6 Å². The van der Waals surface area contributed by atoms with Crippen LogP contribution in [0.1, 0.15) is 11.1 Å². The Balaban J connectivity index is 1.59. The summed E-state index contributed by atoms with van der Waals surface area (Å²) in [6.07, 6.45) is 1.72. The normalized spacial score (nSPS) is 11.1. The predicted molar refractivity (Wildman–Crippen MR) is 98.7 cm³/mol. The van der Waals surface area contributed by atoms with Gasteiger partial charge in [0.1, 0.15) is 5.58 Å². The summed E-state index contributed by atoms with van der Waals surface area (Å²) in [5.41, 5.74) is 3.23. The van der Waals surface area contributed by atoms with E-state index in [1.54, 1.807) is 6.20 Å². The van der Waals surface area contributed by atoms with Gasteiger partial charge in [-0.2, -0.15) is 0 Å². The molecule has 2 heterocycles. The average Bonchev–Trinajstić information content (AvgIpc) is 3.09. The third kappa shape index (κ3) is 3.37. The Morgan fingerprint density at radius 1 is 1.04 bits per heavy atom. The monoisotopic (exact) mass is 349 g/mol. The van der Waals surface area contributed by atoms with Gasteiger partial charge in [-0.3, -0.25) is 0 Å². The van der Waals surface area contributed by atoms with Crippen LogP contribution in [0.5, 0.6) is 0 Å². The van der Waals surface area contributed by atoms with Crippen molar-refractivity contribution >= 4 is 22.7 Å². The standard InChI is InChI=1S/C20H15NO3S/c1-13-7-8-16-15(10-19(22)23-17(16)9-13)12-25-20-21-11-18(24-20)14-5-3-2-4-6-14/h2-11H,12H2,1H3. The van der Waals surface area contributed by atoms with Gasteiger partial charge in [-0.15, -0.1) is 0 Å². The first-order valence-corrected chi connectivity index (χ1v) is 8.85. The molecule has 4 rings (SSSR count). The van der Waals surface area contributed by atoms with Crippen LogP contribution in [0.4, 0.5) is 0 Å². The lowest BCUT2D eigenvalue weighted by atomic mass is 10.1. The Morgan fingerprint density at radius 2 is 1.88 bits per heavy atom. The molecule has 2 aromatic heterocycles. The van der Waals surface area contributed by atoms with Crippen molar-refractivity contribution in [3.05, 3.63) is 82.3 Å². The van der Waals surface area contributed by atoms with Gasteiger partial charge in [0.05, 0.1) is 6.20 Å². The number of hydrogen-bond acceptors (Lipinski definition) is 5. The molecule has 0 aliphatic rings. The molecule has 0 atom stereocenters. The molecule has 0 saturated heterocycles.